The molecule has 0 radical (unpaired) electrons. The van der Waals surface area contributed by atoms with Crippen LogP contribution in [0.4, 0.5) is 0 Å². The van der Waals surface area contributed by atoms with Gasteiger partial charge in [-0.2, -0.15) is 0 Å². The van der Waals surface area contributed by atoms with Crippen LogP contribution in [0.15, 0.2) is 0 Å². The second-order valence-electron chi connectivity index (χ2n) is 9.56. The third-order valence-corrected chi connectivity index (χ3v) is 7.81. The Labute approximate surface area is 144 Å². The van der Waals surface area contributed by atoms with E-state index in [2.05, 4.69) is 32.6 Å². The summed E-state index contributed by atoms with van der Waals surface area (Å²) in [4.78, 5) is 2.62. The van der Waals surface area contributed by atoms with Gasteiger partial charge in [-0.3, -0.25) is 0 Å². The topological polar surface area (TPSA) is 12.5 Å². The first kappa shape index (κ1) is 17.7. The van der Waals surface area contributed by atoms with Crippen LogP contribution in [0.25, 0.3) is 0 Å². The van der Waals surface area contributed by atoms with Crippen molar-refractivity contribution in [3.8, 4) is 0 Å². The van der Waals surface area contributed by atoms with Crippen LogP contribution in [0.2, 0.25) is 0 Å². The molecule has 0 aromatic heterocycles. The zero-order valence-corrected chi connectivity index (χ0v) is 16.1. The van der Waals surface area contributed by atoms with Crippen LogP contribution in [0.5, 0.6) is 0 Å². The smallest absolute Gasteiger partial charge is 0.0547 e. The van der Waals surface area contributed by atoms with Crippen LogP contribution < -0.4 is 0 Å². The minimum absolute atomic E-state index is 0.617. The van der Waals surface area contributed by atoms with Gasteiger partial charge in [-0.15, -0.1) is 0 Å². The zero-order valence-electron chi connectivity index (χ0n) is 16.1. The fourth-order valence-corrected chi connectivity index (χ4v) is 5.81. The average molecular weight is 322 g/mol. The van der Waals surface area contributed by atoms with E-state index in [9.17, 15) is 0 Å². The number of hydrogen-bond acceptors (Lipinski definition) is 2. The van der Waals surface area contributed by atoms with Crippen molar-refractivity contribution in [2.45, 2.75) is 72.6 Å². The van der Waals surface area contributed by atoms with Crippen molar-refractivity contribution in [1.29, 1.82) is 0 Å². The van der Waals surface area contributed by atoms with Crippen molar-refractivity contribution in [1.82, 2.24) is 4.90 Å². The van der Waals surface area contributed by atoms with Crippen molar-refractivity contribution >= 4 is 0 Å². The molecule has 5 aliphatic rings. The van der Waals surface area contributed by atoms with E-state index < -0.39 is 0 Å². The predicted molar refractivity (Wildman–Crippen MR) is 97.6 cm³/mol. The first-order valence-electron chi connectivity index (χ1n) is 10.3. The summed E-state index contributed by atoms with van der Waals surface area (Å²) in [5.74, 6) is 2.71. The van der Waals surface area contributed by atoms with Crippen LogP contribution in [-0.2, 0) is 4.74 Å². The third kappa shape index (κ3) is 3.49. The third-order valence-electron chi connectivity index (χ3n) is 7.81. The lowest BCUT2D eigenvalue weighted by Gasteiger charge is -2.51. The molecule has 5 fully saturated rings. The van der Waals surface area contributed by atoms with Crippen LogP contribution in [0.3, 0.4) is 0 Å². The molecule has 4 saturated heterocycles. The van der Waals surface area contributed by atoms with Gasteiger partial charge >= 0.3 is 0 Å². The van der Waals surface area contributed by atoms with Gasteiger partial charge in [0.2, 0.25) is 0 Å². The van der Waals surface area contributed by atoms with Crippen molar-refractivity contribution in [3.63, 3.8) is 0 Å². The van der Waals surface area contributed by atoms with E-state index in [0.29, 0.717) is 5.41 Å². The monoisotopic (exact) mass is 321 g/mol. The lowest BCUT2D eigenvalue weighted by Crippen LogP contribution is -2.51. The van der Waals surface area contributed by atoms with E-state index in [1.54, 1.807) is 0 Å². The van der Waals surface area contributed by atoms with E-state index in [4.69, 9.17) is 4.74 Å². The largest absolute Gasteiger partial charge is 0.380 e. The summed E-state index contributed by atoms with van der Waals surface area (Å²) in [5.41, 5.74) is 1.36. The quantitative estimate of drug-likeness (QED) is 0.711. The molecule has 4 heterocycles. The Morgan fingerprint density at radius 2 is 1.48 bits per heavy atom. The van der Waals surface area contributed by atoms with Crippen molar-refractivity contribution in [2.24, 2.45) is 28.6 Å². The predicted octanol–water partition coefficient (Wildman–Crippen LogP) is 4.98. The minimum Gasteiger partial charge on any atom is -0.380 e. The number of piperidine rings is 3. The van der Waals surface area contributed by atoms with E-state index in [1.165, 1.54) is 64.6 Å². The summed E-state index contributed by atoms with van der Waals surface area (Å²) in [6, 6.07) is 0. The van der Waals surface area contributed by atoms with Crippen molar-refractivity contribution < 1.29 is 4.74 Å². The molecule has 1 aliphatic carbocycles. The van der Waals surface area contributed by atoms with Gasteiger partial charge in [0.25, 0.3) is 0 Å². The van der Waals surface area contributed by atoms with Crippen molar-refractivity contribution in [3.05, 3.63) is 0 Å². The maximum absolute atomic E-state index is 5.40. The Kier molecular flexibility index (Phi) is 5.43. The molecule has 5 rings (SSSR count). The van der Waals surface area contributed by atoms with Crippen LogP contribution in [0.1, 0.15) is 72.6 Å². The van der Waals surface area contributed by atoms with E-state index in [-0.39, 0.29) is 0 Å². The fourth-order valence-electron chi connectivity index (χ4n) is 5.81. The van der Waals surface area contributed by atoms with Gasteiger partial charge in [0.15, 0.2) is 0 Å². The first-order chi connectivity index (χ1) is 11.0. The standard InChI is InChI=1S/C11H20O.C10H19N/c1-9(2)10-5-3-4-6-11(10)7-12-8-11;1-9(2)10-3-6-11(7-4-10)8-5-10/h9-10H,3-8H2,1-2H3;9H,3-8H2,1-2H3. The maximum atomic E-state index is 5.40. The number of hydrogen-bond donors (Lipinski definition) is 0. The minimum atomic E-state index is 0.617. The number of nitrogens with zero attached hydrogens (tertiary/aromatic N) is 1. The molecular weight excluding hydrogens is 282 g/mol. The first-order valence-corrected chi connectivity index (χ1v) is 10.3. The highest BCUT2D eigenvalue weighted by Crippen LogP contribution is 2.49. The highest BCUT2D eigenvalue weighted by Gasteiger charge is 2.47. The molecule has 0 aromatic carbocycles. The van der Waals surface area contributed by atoms with Gasteiger partial charge in [0.05, 0.1) is 13.2 Å². The van der Waals surface area contributed by atoms with Crippen molar-refractivity contribution in [2.75, 3.05) is 32.8 Å². The molecule has 2 nitrogen and oxygen atoms in total. The Morgan fingerprint density at radius 1 is 0.870 bits per heavy atom. The van der Waals surface area contributed by atoms with Gasteiger partial charge in [0.1, 0.15) is 0 Å². The number of rotatable bonds is 2. The maximum Gasteiger partial charge on any atom is 0.0547 e. The van der Waals surface area contributed by atoms with Crippen LogP contribution >= 0.6 is 0 Å². The molecular formula is C21H39NO. The van der Waals surface area contributed by atoms with E-state index in [0.717, 1.165) is 36.4 Å². The lowest BCUT2D eigenvalue weighted by molar-refractivity contribution is -0.171. The molecule has 1 saturated carbocycles. The summed E-state index contributed by atoms with van der Waals surface area (Å²) < 4.78 is 5.40. The highest BCUT2D eigenvalue weighted by atomic mass is 16.5. The molecule has 0 amide bonds. The highest BCUT2D eigenvalue weighted by molar-refractivity contribution is 4.95. The normalized spacial score (nSPS) is 38.3. The van der Waals surface area contributed by atoms with Crippen LogP contribution in [-0.4, -0.2) is 37.7 Å². The molecule has 4 aliphatic heterocycles. The Hall–Kier alpha value is -0.0800. The molecule has 0 N–H and O–H groups in total. The molecule has 1 spiro atoms. The average Bonchev–Trinajstić information content (AvgIpc) is 2.55. The Balaban J connectivity index is 0.000000136. The Bertz CT molecular complexity index is 364. The summed E-state index contributed by atoms with van der Waals surface area (Å²) >= 11 is 0. The van der Waals surface area contributed by atoms with Gasteiger partial charge in [-0.1, -0.05) is 40.5 Å². The molecule has 23 heavy (non-hydrogen) atoms. The Morgan fingerprint density at radius 3 is 1.83 bits per heavy atom. The molecule has 2 bridgehead atoms. The summed E-state index contributed by atoms with van der Waals surface area (Å²) in [7, 11) is 0. The van der Waals surface area contributed by atoms with Gasteiger partial charge < -0.3 is 9.64 Å². The summed E-state index contributed by atoms with van der Waals surface area (Å²) in [5, 5.41) is 0. The number of ether oxygens (including phenoxy) is 1. The lowest BCUT2D eigenvalue weighted by atomic mass is 9.61. The SMILES string of the molecule is CC(C)C12CCN(CC1)CC2.CC(C)C1CCCCC12COC2. The summed E-state index contributed by atoms with van der Waals surface area (Å²) in [6.07, 6.45) is 10.1. The van der Waals surface area contributed by atoms with E-state index in [1.807, 2.05) is 0 Å². The molecule has 2 heteroatoms. The van der Waals surface area contributed by atoms with Gasteiger partial charge in [-0.05, 0) is 74.9 Å². The molecule has 134 valence electrons. The molecule has 0 aromatic rings. The van der Waals surface area contributed by atoms with E-state index >= 15 is 0 Å². The second kappa shape index (κ2) is 7.04. The fraction of sp³-hybridized carbons (Fsp3) is 1.00. The van der Waals surface area contributed by atoms with Crippen LogP contribution in [0, 0.1) is 28.6 Å². The second-order valence-corrected chi connectivity index (χ2v) is 9.56. The molecule has 1 atom stereocenters. The summed E-state index contributed by atoms with van der Waals surface area (Å²) in [6.45, 7) is 15.8. The molecule has 1 unspecified atom stereocenters. The zero-order chi connectivity index (χ0) is 16.5. The number of fused-ring (bicyclic) bond motifs is 3. The van der Waals surface area contributed by atoms with Gasteiger partial charge in [0, 0.05) is 5.41 Å². The van der Waals surface area contributed by atoms with Gasteiger partial charge in [-0.25, -0.2) is 0 Å².